The number of benzene rings is 1. The van der Waals surface area contributed by atoms with Crippen LogP contribution in [0.4, 0.5) is 4.79 Å². The molecule has 0 aliphatic rings. The van der Waals surface area contributed by atoms with Crippen LogP contribution in [0, 0.1) is 0 Å². The van der Waals surface area contributed by atoms with E-state index in [9.17, 15) is 9.59 Å². The number of thiazole rings is 1. The molecule has 1 aromatic carbocycles. The molecule has 0 radical (unpaired) electrons. The average Bonchev–Trinajstić information content (AvgIpc) is 2.86. The predicted octanol–water partition coefficient (Wildman–Crippen LogP) is 5.08. The van der Waals surface area contributed by atoms with Gasteiger partial charge in [0.2, 0.25) is 0 Å². The van der Waals surface area contributed by atoms with Crippen molar-refractivity contribution in [2.24, 2.45) is 0 Å². The second-order valence-electron chi connectivity index (χ2n) is 5.59. The van der Waals surface area contributed by atoms with Crippen LogP contribution in [-0.2, 0) is 6.54 Å². The molecule has 2 aromatic rings. The number of carbonyl (C=O) groups excluding carboxylic acids is 1. The van der Waals surface area contributed by atoms with Gasteiger partial charge in [-0.05, 0) is 37.5 Å². The zero-order valence-electron chi connectivity index (χ0n) is 14.1. The van der Waals surface area contributed by atoms with Crippen molar-refractivity contribution >= 4 is 50.2 Å². The summed E-state index contributed by atoms with van der Waals surface area (Å²) < 4.78 is 2.71. The van der Waals surface area contributed by atoms with Crippen molar-refractivity contribution in [2.75, 3.05) is 18.8 Å². The average molecular weight is 387 g/mol. The molecule has 2 rings (SSSR count). The monoisotopic (exact) mass is 386 g/mol. The van der Waals surface area contributed by atoms with E-state index < -0.39 is 0 Å². The topological polar surface area (TPSA) is 42.3 Å². The lowest BCUT2D eigenvalue weighted by molar-refractivity contribution is 0.223. The maximum atomic E-state index is 12.2. The van der Waals surface area contributed by atoms with Gasteiger partial charge >= 0.3 is 4.87 Å². The molecule has 0 saturated carbocycles. The van der Waals surface area contributed by atoms with Crippen LogP contribution in [0.2, 0.25) is 5.02 Å². The highest BCUT2D eigenvalue weighted by atomic mass is 35.5. The van der Waals surface area contributed by atoms with Crippen molar-refractivity contribution in [1.29, 1.82) is 0 Å². The van der Waals surface area contributed by atoms with Crippen molar-refractivity contribution in [3.63, 3.8) is 0 Å². The minimum Gasteiger partial charge on any atom is -0.334 e. The highest BCUT2D eigenvalue weighted by Crippen LogP contribution is 2.22. The lowest BCUT2D eigenvalue weighted by Crippen LogP contribution is -2.29. The summed E-state index contributed by atoms with van der Waals surface area (Å²) in [5.74, 6) is 0.715. The molecule has 1 aromatic heterocycles. The Labute approximate surface area is 155 Å². The van der Waals surface area contributed by atoms with E-state index in [0.29, 0.717) is 17.3 Å². The number of fused-ring (bicyclic) bond motifs is 1. The number of amides is 1. The number of rotatable bonds is 8. The third-order valence-corrected chi connectivity index (χ3v) is 5.82. The van der Waals surface area contributed by atoms with Crippen molar-refractivity contribution in [2.45, 2.75) is 39.7 Å². The van der Waals surface area contributed by atoms with Gasteiger partial charge in [0, 0.05) is 30.4 Å². The number of hydrogen-bond acceptors (Lipinski definition) is 4. The summed E-state index contributed by atoms with van der Waals surface area (Å²) in [5.41, 5.74) is 0.882. The van der Waals surface area contributed by atoms with E-state index in [2.05, 4.69) is 13.8 Å². The Hall–Kier alpha value is -0.980. The zero-order chi connectivity index (χ0) is 17.5. The van der Waals surface area contributed by atoms with Gasteiger partial charge in [-0.2, -0.15) is 0 Å². The van der Waals surface area contributed by atoms with Gasteiger partial charge in [0.1, 0.15) is 0 Å². The largest absolute Gasteiger partial charge is 0.334 e. The van der Waals surface area contributed by atoms with Crippen molar-refractivity contribution < 1.29 is 4.79 Å². The van der Waals surface area contributed by atoms with Crippen molar-refractivity contribution in [3.8, 4) is 0 Å². The number of thioether (sulfide) groups is 1. The molecule has 0 fully saturated rings. The van der Waals surface area contributed by atoms with Crippen LogP contribution in [0.1, 0.15) is 33.1 Å². The summed E-state index contributed by atoms with van der Waals surface area (Å²) in [4.78, 5) is 26.3. The number of aromatic nitrogens is 1. The van der Waals surface area contributed by atoms with Gasteiger partial charge < -0.3 is 4.90 Å². The molecule has 0 saturated heterocycles. The molecule has 4 nitrogen and oxygen atoms in total. The highest BCUT2D eigenvalue weighted by Gasteiger charge is 2.12. The van der Waals surface area contributed by atoms with Gasteiger partial charge in [-0.25, -0.2) is 0 Å². The number of carbonyl (C=O) groups is 1. The molecule has 0 N–H and O–H groups in total. The summed E-state index contributed by atoms with van der Waals surface area (Å²) in [6.45, 7) is 6.40. The minimum atomic E-state index is 0.0298. The number of aryl methyl sites for hydroxylation is 1. The van der Waals surface area contributed by atoms with Gasteiger partial charge in [0.05, 0.1) is 10.2 Å². The Morgan fingerprint density at radius 1 is 1.29 bits per heavy atom. The number of hydrogen-bond donors (Lipinski definition) is 0. The van der Waals surface area contributed by atoms with E-state index in [-0.39, 0.29) is 10.1 Å². The fraction of sp³-hybridized carbons (Fsp3) is 0.529. The third kappa shape index (κ3) is 5.01. The second kappa shape index (κ2) is 9.49. The van der Waals surface area contributed by atoms with Crippen LogP contribution in [-0.4, -0.2) is 33.5 Å². The van der Waals surface area contributed by atoms with Crippen molar-refractivity contribution in [1.82, 2.24) is 9.47 Å². The molecule has 1 heterocycles. The Kier molecular flexibility index (Phi) is 7.65. The summed E-state index contributed by atoms with van der Waals surface area (Å²) in [5, 5.41) is 0.776. The maximum absolute atomic E-state index is 12.2. The number of halogens is 1. The standard InChI is InChI=1S/C17H23ClN2O2S2/c1-3-8-19(9-4-2)16(21)23-11-5-10-20-14-12-13(18)6-7-15(14)24-17(20)22/h6-7,12H,3-5,8-11H2,1-2H3. The van der Waals surface area contributed by atoms with Crippen molar-refractivity contribution in [3.05, 3.63) is 32.9 Å². The maximum Gasteiger partial charge on any atom is 0.308 e. The Balaban J connectivity index is 1.90. The Morgan fingerprint density at radius 2 is 2.00 bits per heavy atom. The van der Waals surface area contributed by atoms with Crippen LogP contribution in [0.3, 0.4) is 0 Å². The van der Waals surface area contributed by atoms with Crippen LogP contribution >= 0.6 is 34.7 Å². The summed E-state index contributed by atoms with van der Waals surface area (Å²) >= 11 is 8.62. The lowest BCUT2D eigenvalue weighted by Gasteiger charge is -2.20. The lowest BCUT2D eigenvalue weighted by atomic mass is 10.3. The molecule has 1 amide bonds. The quantitative estimate of drug-likeness (QED) is 0.594. The van der Waals surface area contributed by atoms with E-state index in [1.54, 1.807) is 10.6 Å². The molecular formula is C17H23ClN2O2S2. The van der Waals surface area contributed by atoms with Crippen LogP contribution in [0.5, 0.6) is 0 Å². The summed E-state index contributed by atoms with van der Waals surface area (Å²) in [6, 6.07) is 5.51. The first kappa shape index (κ1) is 19.3. The fourth-order valence-corrected chi connectivity index (χ4v) is 4.43. The van der Waals surface area contributed by atoms with Crippen LogP contribution < -0.4 is 4.87 Å². The Bertz CT molecular complexity index is 736. The molecule has 0 atom stereocenters. The normalized spacial score (nSPS) is 11.1. The number of nitrogens with zero attached hydrogens (tertiary/aromatic N) is 2. The first-order valence-corrected chi connectivity index (χ1v) is 10.5. The molecule has 0 aliphatic heterocycles. The van der Waals surface area contributed by atoms with E-state index in [1.165, 1.54) is 23.1 Å². The first-order chi connectivity index (χ1) is 11.6. The van der Waals surface area contributed by atoms with Gasteiger partial charge in [-0.1, -0.05) is 48.5 Å². The molecular weight excluding hydrogens is 364 g/mol. The summed E-state index contributed by atoms with van der Waals surface area (Å²) in [7, 11) is 0. The highest BCUT2D eigenvalue weighted by molar-refractivity contribution is 8.13. The molecule has 7 heteroatoms. The molecule has 132 valence electrons. The summed E-state index contributed by atoms with van der Waals surface area (Å²) in [6.07, 6.45) is 2.73. The third-order valence-electron chi connectivity index (χ3n) is 3.63. The smallest absolute Gasteiger partial charge is 0.308 e. The molecule has 24 heavy (non-hydrogen) atoms. The van der Waals surface area contributed by atoms with Crippen LogP contribution in [0.25, 0.3) is 10.2 Å². The predicted molar refractivity (Wildman–Crippen MR) is 106 cm³/mol. The van der Waals surface area contributed by atoms with Gasteiger partial charge in [0.15, 0.2) is 0 Å². The SMILES string of the molecule is CCCN(CCC)C(=O)SCCCn1c(=O)sc2ccc(Cl)cc21. The van der Waals surface area contributed by atoms with E-state index in [1.807, 2.05) is 17.0 Å². The first-order valence-electron chi connectivity index (χ1n) is 8.27. The second-order valence-corrected chi connectivity index (χ2v) is 8.06. The molecule has 0 aliphatic carbocycles. The van der Waals surface area contributed by atoms with Crippen LogP contribution in [0.15, 0.2) is 23.0 Å². The van der Waals surface area contributed by atoms with Gasteiger partial charge in [-0.15, -0.1) is 0 Å². The molecule has 0 spiro atoms. The Morgan fingerprint density at radius 3 is 2.67 bits per heavy atom. The molecule has 0 bridgehead atoms. The zero-order valence-corrected chi connectivity index (χ0v) is 16.5. The van der Waals surface area contributed by atoms with Gasteiger partial charge in [0.25, 0.3) is 5.24 Å². The van der Waals surface area contributed by atoms with E-state index >= 15 is 0 Å². The van der Waals surface area contributed by atoms with E-state index in [0.717, 1.165) is 42.6 Å². The minimum absolute atomic E-state index is 0.0298. The molecule has 0 unspecified atom stereocenters. The van der Waals surface area contributed by atoms with Gasteiger partial charge in [-0.3, -0.25) is 14.2 Å². The fourth-order valence-electron chi connectivity index (χ4n) is 2.55. The van der Waals surface area contributed by atoms with E-state index in [4.69, 9.17) is 11.6 Å².